The minimum Gasteiger partial charge on any atom is -0.497 e. The predicted octanol–water partition coefficient (Wildman–Crippen LogP) is 4.44. The lowest BCUT2D eigenvalue weighted by Crippen LogP contribution is -2.38. The number of hydrogen-bond donors (Lipinski definition) is 0. The summed E-state index contributed by atoms with van der Waals surface area (Å²) in [6, 6.07) is 9.53. The number of fused-ring (bicyclic) bond motifs is 1. The van der Waals surface area contributed by atoms with Gasteiger partial charge in [0, 0.05) is 24.7 Å². The Balaban J connectivity index is 2.00. The number of halogens is 1. The van der Waals surface area contributed by atoms with Crippen LogP contribution in [0.4, 0.5) is 9.52 Å². The number of carbonyl (C=O) groups excluding carboxylic acids is 1. The number of rotatable bonds is 9. The summed E-state index contributed by atoms with van der Waals surface area (Å²) in [6.07, 6.45) is 0. The van der Waals surface area contributed by atoms with Crippen LogP contribution in [0.5, 0.6) is 11.5 Å². The third-order valence-corrected chi connectivity index (χ3v) is 5.99. The number of carbonyl (C=O) groups is 1. The van der Waals surface area contributed by atoms with E-state index in [1.54, 1.807) is 43.4 Å². The molecule has 1 amide bonds. The van der Waals surface area contributed by atoms with E-state index in [2.05, 4.69) is 23.7 Å². The summed E-state index contributed by atoms with van der Waals surface area (Å²) in [5.41, 5.74) is 1.11. The van der Waals surface area contributed by atoms with E-state index in [0.29, 0.717) is 45.5 Å². The molecule has 2 aromatic carbocycles. The first-order chi connectivity index (χ1) is 14.5. The third-order valence-electron chi connectivity index (χ3n) is 4.95. The first-order valence-electron chi connectivity index (χ1n) is 9.82. The van der Waals surface area contributed by atoms with Crippen molar-refractivity contribution in [3.05, 3.63) is 47.8 Å². The number of nitrogens with zero attached hydrogens (tertiary/aromatic N) is 3. The molecule has 0 saturated carbocycles. The summed E-state index contributed by atoms with van der Waals surface area (Å²) < 4.78 is 25.0. The van der Waals surface area contributed by atoms with Crippen molar-refractivity contribution in [2.24, 2.45) is 0 Å². The molecule has 0 radical (unpaired) electrons. The van der Waals surface area contributed by atoms with Gasteiger partial charge in [-0.05, 0) is 43.4 Å². The van der Waals surface area contributed by atoms with Crippen molar-refractivity contribution in [2.75, 3.05) is 45.3 Å². The van der Waals surface area contributed by atoms with E-state index in [4.69, 9.17) is 9.47 Å². The molecule has 0 aliphatic carbocycles. The Morgan fingerprint density at radius 3 is 2.30 bits per heavy atom. The van der Waals surface area contributed by atoms with E-state index in [0.717, 1.165) is 13.1 Å². The molecule has 0 atom stereocenters. The number of amides is 1. The fourth-order valence-corrected chi connectivity index (χ4v) is 4.17. The second-order valence-corrected chi connectivity index (χ2v) is 7.70. The Kier molecular flexibility index (Phi) is 7.23. The summed E-state index contributed by atoms with van der Waals surface area (Å²) in [7, 11) is 3.09. The predicted molar refractivity (Wildman–Crippen MR) is 119 cm³/mol. The van der Waals surface area contributed by atoms with Gasteiger partial charge in [-0.15, -0.1) is 0 Å². The fourth-order valence-electron chi connectivity index (χ4n) is 3.15. The Morgan fingerprint density at radius 1 is 1.03 bits per heavy atom. The molecule has 8 heteroatoms. The van der Waals surface area contributed by atoms with Crippen molar-refractivity contribution in [3.63, 3.8) is 0 Å². The van der Waals surface area contributed by atoms with Gasteiger partial charge in [0.1, 0.15) is 17.3 Å². The highest BCUT2D eigenvalue weighted by Gasteiger charge is 2.23. The fraction of sp³-hybridized carbons (Fsp3) is 0.364. The normalized spacial score (nSPS) is 11.1. The van der Waals surface area contributed by atoms with Crippen molar-refractivity contribution in [2.45, 2.75) is 13.8 Å². The van der Waals surface area contributed by atoms with Gasteiger partial charge in [0.2, 0.25) is 0 Å². The van der Waals surface area contributed by atoms with Crippen LogP contribution in [-0.4, -0.2) is 56.2 Å². The molecule has 0 aliphatic heterocycles. The summed E-state index contributed by atoms with van der Waals surface area (Å²) in [5, 5.41) is 0.537. The zero-order valence-corrected chi connectivity index (χ0v) is 18.5. The maximum atomic E-state index is 13.6. The zero-order chi connectivity index (χ0) is 21.7. The first-order valence-corrected chi connectivity index (χ1v) is 10.6. The minimum absolute atomic E-state index is 0.209. The van der Waals surface area contributed by atoms with E-state index in [1.807, 2.05) is 0 Å². The third kappa shape index (κ3) is 4.88. The molecule has 0 N–H and O–H groups in total. The first kappa shape index (κ1) is 22.0. The average Bonchev–Trinajstić information content (AvgIpc) is 3.18. The van der Waals surface area contributed by atoms with E-state index in [9.17, 15) is 9.18 Å². The SMILES string of the molecule is CCN(CC)CCN(C(=O)c1cc(OC)cc(OC)c1)c1nc2ccc(F)cc2s1. The summed E-state index contributed by atoms with van der Waals surface area (Å²) >= 11 is 1.30. The van der Waals surface area contributed by atoms with Crippen LogP contribution in [0.2, 0.25) is 0 Å². The number of aromatic nitrogens is 1. The van der Waals surface area contributed by atoms with Gasteiger partial charge in [-0.1, -0.05) is 25.2 Å². The standard InChI is InChI=1S/C22H26FN3O3S/c1-5-25(6-2)9-10-26(22-24-19-8-7-16(23)13-20(19)30-22)21(27)15-11-17(28-3)14-18(12-15)29-4/h7-8,11-14H,5-6,9-10H2,1-4H3. The number of benzene rings is 2. The molecule has 3 rings (SSSR count). The largest absolute Gasteiger partial charge is 0.497 e. The van der Waals surface area contributed by atoms with Crippen LogP contribution in [0, 0.1) is 5.82 Å². The molecule has 0 saturated heterocycles. The van der Waals surface area contributed by atoms with E-state index >= 15 is 0 Å². The Morgan fingerprint density at radius 2 is 1.70 bits per heavy atom. The topological polar surface area (TPSA) is 54.9 Å². The number of thiazole rings is 1. The maximum absolute atomic E-state index is 13.6. The van der Waals surface area contributed by atoms with Crippen LogP contribution in [0.1, 0.15) is 24.2 Å². The number of anilines is 1. The van der Waals surface area contributed by atoms with Crippen LogP contribution in [0.3, 0.4) is 0 Å². The van der Waals surface area contributed by atoms with Gasteiger partial charge in [0.05, 0.1) is 24.4 Å². The summed E-state index contributed by atoms with van der Waals surface area (Å²) in [6.45, 7) is 7.10. The van der Waals surface area contributed by atoms with Crippen LogP contribution in [0.25, 0.3) is 10.2 Å². The van der Waals surface area contributed by atoms with Crippen LogP contribution in [-0.2, 0) is 0 Å². The number of hydrogen-bond acceptors (Lipinski definition) is 6. The van der Waals surface area contributed by atoms with Crippen LogP contribution < -0.4 is 14.4 Å². The summed E-state index contributed by atoms with van der Waals surface area (Å²) in [5.74, 6) is 0.538. The monoisotopic (exact) mass is 431 g/mol. The molecule has 0 aliphatic rings. The highest BCUT2D eigenvalue weighted by molar-refractivity contribution is 7.22. The van der Waals surface area contributed by atoms with Gasteiger partial charge in [-0.25, -0.2) is 9.37 Å². The van der Waals surface area contributed by atoms with Crippen molar-refractivity contribution >= 4 is 32.6 Å². The molecule has 0 unspecified atom stereocenters. The van der Waals surface area contributed by atoms with E-state index in [1.165, 1.54) is 23.5 Å². The van der Waals surface area contributed by atoms with E-state index in [-0.39, 0.29) is 11.7 Å². The van der Waals surface area contributed by atoms with Gasteiger partial charge in [0.15, 0.2) is 5.13 Å². The molecule has 160 valence electrons. The van der Waals surface area contributed by atoms with Crippen molar-refractivity contribution < 1.29 is 18.7 Å². The van der Waals surface area contributed by atoms with Crippen molar-refractivity contribution in [1.29, 1.82) is 0 Å². The number of likely N-dealkylation sites (N-methyl/N-ethyl adjacent to an activating group) is 1. The number of methoxy groups -OCH3 is 2. The van der Waals surface area contributed by atoms with Crippen molar-refractivity contribution in [1.82, 2.24) is 9.88 Å². The molecular formula is C22H26FN3O3S. The molecule has 6 nitrogen and oxygen atoms in total. The second kappa shape index (κ2) is 9.86. The quantitative estimate of drug-likeness (QED) is 0.501. The number of ether oxygens (including phenoxy) is 2. The molecular weight excluding hydrogens is 405 g/mol. The van der Waals surface area contributed by atoms with E-state index < -0.39 is 0 Å². The van der Waals surface area contributed by atoms with Crippen LogP contribution >= 0.6 is 11.3 Å². The van der Waals surface area contributed by atoms with Gasteiger partial charge < -0.3 is 14.4 Å². The van der Waals surface area contributed by atoms with Crippen molar-refractivity contribution in [3.8, 4) is 11.5 Å². The molecule has 30 heavy (non-hydrogen) atoms. The van der Waals surface area contributed by atoms with Gasteiger partial charge in [-0.3, -0.25) is 9.69 Å². The Labute approximate surface area is 179 Å². The lowest BCUT2D eigenvalue weighted by Gasteiger charge is -2.25. The zero-order valence-electron chi connectivity index (χ0n) is 17.6. The Hall–Kier alpha value is -2.71. The van der Waals surface area contributed by atoms with Crippen LogP contribution in [0.15, 0.2) is 36.4 Å². The van der Waals surface area contributed by atoms with Gasteiger partial charge in [-0.2, -0.15) is 0 Å². The highest BCUT2D eigenvalue weighted by Crippen LogP contribution is 2.31. The summed E-state index contributed by atoms with van der Waals surface area (Å²) in [4.78, 5) is 22.0. The molecule has 0 fully saturated rings. The molecule has 0 spiro atoms. The molecule has 1 heterocycles. The van der Waals surface area contributed by atoms with Gasteiger partial charge in [0.25, 0.3) is 5.91 Å². The molecule has 0 bridgehead atoms. The highest BCUT2D eigenvalue weighted by atomic mass is 32.1. The average molecular weight is 432 g/mol. The minimum atomic E-state index is -0.323. The molecule has 1 aromatic heterocycles. The smallest absolute Gasteiger partial charge is 0.260 e. The van der Waals surface area contributed by atoms with Gasteiger partial charge >= 0.3 is 0 Å². The molecule has 3 aromatic rings. The second-order valence-electron chi connectivity index (χ2n) is 6.69. The lowest BCUT2D eigenvalue weighted by molar-refractivity contribution is 0.0983. The Bertz CT molecular complexity index is 998. The maximum Gasteiger partial charge on any atom is 0.260 e. The lowest BCUT2D eigenvalue weighted by atomic mass is 10.1.